The first-order chi connectivity index (χ1) is 9.22. The molecule has 3 nitrogen and oxygen atoms in total. The number of esters is 1. The monoisotopic (exact) mass is 261 g/mol. The SMILES string of the molecule is COC(=O)c1ccccc1CNC(C)C1CCCC1. The van der Waals surface area contributed by atoms with Gasteiger partial charge in [-0.1, -0.05) is 31.0 Å². The quantitative estimate of drug-likeness (QED) is 0.827. The number of carbonyl (C=O) groups excluding carboxylic acids is 1. The summed E-state index contributed by atoms with van der Waals surface area (Å²) in [4.78, 5) is 11.7. The molecule has 0 aromatic heterocycles. The molecule has 0 bridgehead atoms. The number of carbonyl (C=O) groups is 1. The summed E-state index contributed by atoms with van der Waals surface area (Å²) >= 11 is 0. The van der Waals surface area contributed by atoms with Crippen molar-refractivity contribution >= 4 is 5.97 Å². The number of hydrogen-bond acceptors (Lipinski definition) is 3. The predicted octanol–water partition coefficient (Wildman–Crippen LogP) is 3.14. The molecule has 0 saturated heterocycles. The van der Waals surface area contributed by atoms with Crippen LogP contribution in [0.5, 0.6) is 0 Å². The molecule has 3 heteroatoms. The standard InChI is InChI=1S/C16H23NO2/c1-12(13-7-3-4-8-13)17-11-14-9-5-6-10-15(14)16(18)19-2/h5-6,9-10,12-13,17H,3-4,7-8,11H2,1-2H3. The van der Waals surface area contributed by atoms with Crippen molar-refractivity contribution in [3.05, 3.63) is 35.4 Å². The molecule has 104 valence electrons. The van der Waals surface area contributed by atoms with Gasteiger partial charge in [-0.15, -0.1) is 0 Å². The van der Waals surface area contributed by atoms with Crippen molar-refractivity contribution in [3.8, 4) is 0 Å². The van der Waals surface area contributed by atoms with Crippen molar-refractivity contribution < 1.29 is 9.53 Å². The first-order valence-electron chi connectivity index (χ1n) is 7.12. The van der Waals surface area contributed by atoms with Crippen molar-refractivity contribution in [1.29, 1.82) is 0 Å². The molecule has 0 heterocycles. The molecule has 1 N–H and O–H groups in total. The van der Waals surface area contributed by atoms with Gasteiger partial charge in [0.25, 0.3) is 0 Å². The Bertz CT molecular complexity index is 425. The molecular formula is C16H23NO2. The lowest BCUT2D eigenvalue weighted by Crippen LogP contribution is -2.32. The highest BCUT2D eigenvalue weighted by molar-refractivity contribution is 5.90. The molecule has 0 radical (unpaired) electrons. The van der Waals surface area contributed by atoms with Gasteiger partial charge < -0.3 is 10.1 Å². The Balaban J connectivity index is 1.97. The molecule has 0 amide bonds. The first kappa shape index (κ1) is 14.1. The van der Waals surface area contributed by atoms with E-state index in [1.807, 2.05) is 24.3 Å². The topological polar surface area (TPSA) is 38.3 Å². The van der Waals surface area contributed by atoms with Crippen LogP contribution < -0.4 is 5.32 Å². The third-order valence-corrected chi connectivity index (χ3v) is 4.14. The normalized spacial score (nSPS) is 17.4. The van der Waals surface area contributed by atoms with E-state index in [0.717, 1.165) is 18.0 Å². The first-order valence-corrected chi connectivity index (χ1v) is 7.12. The molecular weight excluding hydrogens is 238 g/mol. The molecule has 0 spiro atoms. The minimum absolute atomic E-state index is 0.258. The fraction of sp³-hybridized carbons (Fsp3) is 0.562. The highest BCUT2D eigenvalue weighted by Crippen LogP contribution is 2.27. The highest BCUT2D eigenvalue weighted by atomic mass is 16.5. The molecule has 1 saturated carbocycles. The molecule has 1 fully saturated rings. The third-order valence-electron chi connectivity index (χ3n) is 4.14. The summed E-state index contributed by atoms with van der Waals surface area (Å²) in [6.07, 6.45) is 5.37. The van der Waals surface area contributed by atoms with Crippen LogP contribution >= 0.6 is 0 Å². The van der Waals surface area contributed by atoms with Gasteiger partial charge in [0.1, 0.15) is 0 Å². The lowest BCUT2D eigenvalue weighted by molar-refractivity contribution is 0.0599. The smallest absolute Gasteiger partial charge is 0.338 e. The summed E-state index contributed by atoms with van der Waals surface area (Å²) in [5, 5.41) is 3.55. The van der Waals surface area contributed by atoms with Gasteiger partial charge in [0.2, 0.25) is 0 Å². The Morgan fingerprint density at radius 2 is 2.05 bits per heavy atom. The molecule has 1 aromatic rings. The van der Waals surface area contributed by atoms with Gasteiger partial charge in [-0.25, -0.2) is 4.79 Å². The second-order valence-electron chi connectivity index (χ2n) is 5.36. The Morgan fingerprint density at radius 3 is 2.74 bits per heavy atom. The fourth-order valence-corrected chi connectivity index (χ4v) is 2.88. The van der Waals surface area contributed by atoms with Crippen LogP contribution in [0.4, 0.5) is 0 Å². The van der Waals surface area contributed by atoms with E-state index >= 15 is 0 Å². The molecule has 1 aliphatic carbocycles. The zero-order chi connectivity index (χ0) is 13.7. The van der Waals surface area contributed by atoms with E-state index in [1.54, 1.807) is 0 Å². The van der Waals surface area contributed by atoms with Gasteiger partial charge in [-0.05, 0) is 37.3 Å². The Morgan fingerprint density at radius 1 is 1.37 bits per heavy atom. The van der Waals surface area contributed by atoms with Crippen LogP contribution in [-0.2, 0) is 11.3 Å². The van der Waals surface area contributed by atoms with Crippen molar-refractivity contribution in [1.82, 2.24) is 5.32 Å². The fourth-order valence-electron chi connectivity index (χ4n) is 2.88. The molecule has 19 heavy (non-hydrogen) atoms. The zero-order valence-corrected chi connectivity index (χ0v) is 11.8. The van der Waals surface area contributed by atoms with Gasteiger partial charge in [-0.3, -0.25) is 0 Å². The maximum atomic E-state index is 11.7. The molecule has 1 aromatic carbocycles. The van der Waals surface area contributed by atoms with Crippen molar-refractivity contribution in [2.24, 2.45) is 5.92 Å². The van der Waals surface area contributed by atoms with E-state index in [0.29, 0.717) is 11.6 Å². The number of benzene rings is 1. The van der Waals surface area contributed by atoms with E-state index in [1.165, 1.54) is 32.8 Å². The Hall–Kier alpha value is -1.35. The van der Waals surface area contributed by atoms with Gasteiger partial charge in [0.05, 0.1) is 12.7 Å². The average molecular weight is 261 g/mol. The molecule has 1 aliphatic rings. The van der Waals surface area contributed by atoms with Crippen LogP contribution in [0, 0.1) is 5.92 Å². The second-order valence-corrected chi connectivity index (χ2v) is 5.36. The summed E-state index contributed by atoms with van der Waals surface area (Å²) in [5.41, 5.74) is 1.68. The van der Waals surface area contributed by atoms with Crippen LogP contribution in [0.1, 0.15) is 48.5 Å². The molecule has 1 unspecified atom stereocenters. The highest BCUT2D eigenvalue weighted by Gasteiger charge is 2.21. The van der Waals surface area contributed by atoms with E-state index in [9.17, 15) is 4.79 Å². The van der Waals surface area contributed by atoms with Crippen LogP contribution in [0.2, 0.25) is 0 Å². The van der Waals surface area contributed by atoms with E-state index < -0.39 is 0 Å². The van der Waals surface area contributed by atoms with Crippen molar-refractivity contribution in [2.75, 3.05) is 7.11 Å². The van der Waals surface area contributed by atoms with E-state index in [-0.39, 0.29) is 5.97 Å². The third kappa shape index (κ3) is 3.57. The van der Waals surface area contributed by atoms with Gasteiger partial charge >= 0.3 is 5.97 Å². The van der Waals surface area contributed by atoms with Crippen LogP contribution in [0.3, 0.4) is 0 Å². The Kier molecular flexibility index (Phi) is 4.97. The Labute approximate surface area is 115 Å². The molecule has 1 atom stereocenters. The van der Waals surface area contributed by atoms with Crippen LogP contribution in [-0.4, -0.2) is 19.1 Å². The number of hydrogen-bond donors (Lipinski definition) is 1. The molecule has 2 rings (SSSR count). The van der Waals surface area contributed by atoms with Gasteiger partial charge in [0.15, 0.2) is 0 Å². The minimum atomic E-state index is -0.258. The minimum Gasteiger partial charge on any atom is -0.465 e. The van der Waals surface area contributed by atoms with Gasteiger partial charge in [-0.2, -0.15) is 0 Å². The summed E-state index contributed by atoms with van der Waals surface area (Å²) in [5.74, 6) is 0.524. The zero-order valence-electron chi connectivity index (χ0n) is 11.8. The maximum Gasteiger partial charge on any atom is 0.338 e. The summed E-state index contributed by atoms with van der Waals surface area (Å²) < 4.78 is 4.82. The van der Waals surface area contributed by atoms with E-state index in [4.69, 9.17) is 4.74 Å². The van der Waals surface area contributed by atoms with Gasteiger partial charge in [0, 0.05) is 12.6 Å². The van der Waals surface area contributed by atoms with Crippen LogP contribution in [0.15, 0.2) is 24.3 Å². The number of rotatable bonds is 5. The summed E-state index contributed by atoms with van der Waals surface area (Å²) in [7, 11) is 1.42. The lowest BCUT2D eigenvalue weighted by atomic mass is 9.99. The lowest BCUT2D eigenvalue weighted by Gasteiger charge is -2.21. The van der Waals surface area contributed by atoms with Crippen LogP contribution in [0.25, 0.3) is 0 Å². The molecule has 0 aliphatic heterocycles. The average Bonchev–Trinajstić information content (AvgIpc) is 2.98. The van der Waals surface area contributed by atoms with Crippen molar-refractivity contribution in [2.45, 2.75) is 45.2 Å². The number of nitrogens with one attached hydrogen (secondary N) is 1. The number of ether oxygens (including phenoxy) is 1. The predicted molar refractivity (Wildman–Crippen MR) is 76.0 cm³/mol. The summed E-state index contributed by atoms with van der Waals surface area (Å²) in [6, 6.07) is 8.15. The second kappa shape index (κ2) is 6.71. The largest absolute Gasteiger partial charge is 0.465 e. The van der Waals surface area contributed by atoms with E-state index in [2.05, 4.69) is 12.2 Å². The number of methoxy groups -OCH3 is 1. The maximum absolute atomic E-state index is 11.7. The van der Waals surface area contributed by atoms with Crippen molar-refractivity contribution in [3.63, 3.8) is 0 Å². The summed E-state index contributed by atoms with van der Waals surface area (Å²) in [6.45, 7) is 2.97.